The normalized spacial score (nSPS) is 18.3. The summed E-state index contributed by atoms with van der Waals surface area (Å²) in [7, 11) is 0. The zero-order valence-corrected chi connectivity index (χ0v) is 16.3. The standard InChI is InChI=1S/C23H16FN3O4/c1-12-11-13(8-9-14(12)24)20(28)18-19(17-7-4-10-31-17)27(22(30)21(18)29)23-25-15-5-2-3-6-16(15)26-23/h2-11,19,28H,1H3,(H,25,26)/b20-18+. The molecule has 0 spiro atoms. The minimum absolute atomic E-state index is 0.152. The highest BCUT2D eigenvalue weighted by Gasteiger charge is 2.49. The number of benzene rings is 2. The Kier molecular flexibility index (Phi) is 4.21. The quantitative estimate of drug-likeness (QED) is 0.295. The number of hydrogen-bond donors (Lipinski definition) is 2. The Labute approximate surface area is 175 Å². The zero-order chi connectivity index (χ0) is 21.7. The molecule has 0 aliphatic carbocycles. The largest absolute Gasteiger partial charge is 0.507 e. The molecule has 1 saturated heterocycles. The van der Waals surface area contributed by atoms with Crippen molar-refractivity contribution < 1.29 is 23.5 Å². The van der Waals surface area contributed by atoms with Gasteiger partial charge in [-0.15, -0.1) is 0 Å². The molecule has 1 aliphatic heterocycles. The van der Waals surface area contributed by atoms with Crippen molar-refractivity contribution in [3.63, 3.8) is 0 Å². The molecule has 1 amide bonds. The Balaban J connectivity index is 1.72. The molecule has 1 aliphatic rings. The van der Waals surface area contributed by atoms with Crippen molar-refractivity contribution in [3.05, 3.63) is 89.1 Å². The number of nitrogens with zero attached hydrogens (tertiary/aromatic N) is 2. The van der Waals surface area contributed by atoms with Gasteiger partial charge >= 0.3 is 5.91 Å². The van der Waals surface area contributed by atoms with E-state index < -0.39 is 29.3 Å². The lowest BCUT2D eigenvalue weighted by Crippen LogP contribution is -2.30. The van der Waals surface area contributed by atoms with Gasteiger partial charge in [0, 0.05) is 5.56 Å². The Morgan fingerprint density at radius 1 is 1.16 bits per heavy atom. The number of carbonyl (C=O) groups excluding carboxylic acids is 2. The summed E-state index contributed by atoms with van der Waals surface area (Å²) in [5.74, 6) is -2.18. The minimum Gasteiger partial charge on any atom is -0.507 e. The molecule has 7 nitrogen and oxygen atoms in total. The van der Waals surface area contributed by atoms with Gasteiger partial charge in [-0.1, -0.05) is 12.1 Å². The molecule has 4 aromatic rings. The molecule has 31 heavy (non-hydrogen) atoms. The fourth-order valence-electron chi connectivity index (χ4n) is 3.77. The highest BCUT2D eigenvalue weighted by molar-refractivity contribution is 6.51. The van der Waals surface area contributed by atoms with Gasteiger partial charge in [0.05, 0.1) is 22.9 Å². The van der Waals surface area contributed by atoms with Crippen molar-refractivity contribution >= 4 is 34.4 Å². The van der Waals surface area contributed by atoms with Crippen LogP contribution in [-0.2, 0) is 9.59 Å². The maximum Gasteiger partial charge on any atom is 0.302 e. The predicted octanol–water partition coefficient (Wildman–Crippen LogP) is 4.23. The van der Waals surface area contributed by atoms with E-state index in [-0.39, 0.29) is 22.8 Å². The van der Waals surface area contributed by atoms with Crippen molar-refractivity contribution in [3.8, 4) is 0 Å². The van der Waals surface area contributed by atoms with Gasteiger partial charge in [0.1, 0.15) is 23.4 Å². The minimum atomic E-state index is -1.04. The molecular formula is C23H16FN3O4. The SMILES string of the molecule is Cc1cc(/C(O)=C2\C(=O)C(=O)N(c3nc4ccccc4[nH]3)C2c2ccco2)ccc1F. The average Bonchev–Trinajstić information content (AvgIpc) is 3.48. The van der Waals surface area contributed by atoms with Crippen LogP contribution in [0.2, 0.25) is 0 Å². The van der Waals surface area contributed by atoms with E-state index in [1.807, 2.05) is 12.1 Å². The van der Waals surface area contributed by atoms with Crippen LogP contribution in [0.4, 0.5) is 10.3 Å². The van der Waals surface area contributed by atoms with Crippen molar-refractivity contribution in [2.24, 2.45) is 0 Å². The number of ketones is 1. The summed E-state index contributed by atoms with van der Waals surface area (Å²) in [5.41, 5.74) is 1.66. The lowest BCUT2D eigenvalue weighted by Gasteiger charge is -2.20. The third-order valence-corrected chi connectivity index (χ3v) is 5.29. The number of amides is 1. The van der Waals surface area contributed by atoms with Gasteiger partial charge in [0.2, 0.25) is 5.95 Å². The van der Waals surface area contributed by atoms with Crippen molar-refractivity contribution in [1.82, 2.24) is 9.97 Å². The summed E-state index contributed by atoms with van der Waals surface area (Å²) in [6, 6.07) is 13.3. The van der Waals surface area contributed by atoms with E-state index in [9.17, 15) is 19.1 Å². The molecular weight excluding hydrogens is 401 g/mol. The third-order valence-electron chi connectivity index (χ3n) is 5.29. The van der Waals surface area contributed by atoms with E-state index in [0.717, 1.165) is 0 Å². The molecule has 0 radical (unpaired) electrons. The first kappa shape index (κ1) is 18.8. The number of aromatic nitrogens is 2. The number of para-hydroxylation sites is 2. The number of carbonyl (C=O) groups is 2. The number of aryl methyl sites for hydroxylation is 1. The lowest BCUT2D eigenvalue weighted by atomic mass is 9.98. The van der Waals surface area contributed by atoms with Crippen LogP contribution in [0.3, 0.4) is 0 Å². The van der Waals surface area contributed by atoms with Gasteiger partial charge in [-0.3, -0.25) is 14.5 Å². The summed E-state index contributed by atoms with van der Waals surface area (Å²) in [4.78, 5) is 34.7. The Hall–Kier alpha value is -4.20. The number of rotatable bonds is 3. The number of anilines is 1. The number of imidazole rings is 1. The van der Waals surface area contributed by atoms with E-state index in [1.165, 1.54) is 29.4 Å². The van der Waals surface area contributed by atoms with E-state index in [0.29, 0.717) is 16.6 Å². The lowest BCUT2D eigenvalue weighted by molar-refractivity contribution is -0.132. The van der Waals surface area contributed by atoms with Crippen LogP contribution in [0.25, 0.3) is 16.8 Å². The first-order valence-corrected chi connectivity index (χ1v) is 9.51. The zero-order valence-electron chi connectivity index (χ0n) is 16.3. The first-order valence-electron chi connectivity index (χ1n) is 9.51. The highest BCUT2D eigenvalue weighted by Crippen LogP contribution is 2.41. The number of aromatic amines is 1. The van der Waals surface area contributed by atoms with Crippen LogP contribution < -0.4 is 4.90 Å². The number of nitrogens with one attached hydrogen (secondary N) is 1. The fourth-order valence-corrected chi connectivity index (χ4v) is 3.77. The molecule has 1 unspecified atom stereocenters. The number of H-pyrrole nitrogens is 1. The predicted molar refractivity (Wildman–Crippen MR) is 111 cm³/mol. The average molecular weight is 417 g/mol. The first-order chi connectivity index (χ1) is 15.0. The molecule has 5 rings (SSSR count). The fraction of sp³-hybridized carbons (Fsp3) is 0.0870. The van der Waals surface area contributed by atoms with Crippen LogP contribution in [0.15, 0.2) is 70.9 Å². The topological polar surface area (TPSA) is 99.4 Å². The van der Waals surface area contributed by atoms with Gasteiger partial charge in [0.15, 0.2) is 0 Å². The molecule has 3 heterocycles. The van der Waals surface area contributed by atoms with Crippen LogP contribution in [0.5, 0.6) is 0 Å². The number of halogens is 1. The van der Waals surface area contributed by atoms with Gasteiger partial charge < -0.3 is 14.5 Å². The molecule has 2 N–H and O–H groups in total. The third kappa shape index (κ3) is 2.92. The van der Waals surface area contributed by atoms with Crippen molar-refractivity contribution in [2.45, 2.75) is 13.0 Å². The monoisotopic (exact) mass is 417 g/mol. The van der Waals surface area contributed by atoms with Gasteiger partial charge in [-0.05, 0) is 55.0 Å². The summed E-state index contributed by atoms with van der Waals surface area (Å²) in [6.45, 7) is 1.54. The summed E-state index contributed by atoms with van der Waals surface area (Å²) >= 11 is 0. The number of fused-ring (bicyclic) bond motifs is 1. The van der Waals surface area contributed by atoms with E-state index in [4.69, 9.17) is 4.42 Å². The maximum atomic E-state index is 13.7. The molecule has 0 bridgehead atoms. The van der Waals surface area contributed by atoms with Crippen LogP contribution >= 0.6 is 0 Å². The molecule has 2 aromatic carbocycles. The van der Waals surface area contributed by atoms with E-state index in [2.05, 4.69) is 9.97 Å². The number of hydrogen-bond acceptors (Lipinski definition) is 5. The number of furan rings is 1. The number of aliphatic hydroxyl groups is 1. The maximum absolute atomic E-state index is 13.7. The summed E-state index contributed by atoms with van der Waals surface area (Å²) in [6.07, 6.45) is 1.41. The molecule has 0 saturated carbocycles. The van der Waals surface area contributed by atoms with Crippen LogP contribution in [-0.4, -0.2) is 26.8 Å². The second kappa shape index (κ2) is 6.94. The van der Waals surface area contributed by atoms with Gasteiger partial charge in [-0.2, -0.15) is 0 Å². The Bertz CT molecular complexity index is 1340. The molecule has 2 aromatic heterocycles. The second-order valence-corrected chi connectivity index (χ2v) is 7.23. The van der Waals surface area contributed by atoms with E-state index >= 15 is 0 Å². The van der Waals surface area contributed by atoms with Crippen LogP contribution in [0.1, 0.15) is 22.9 Å². The Morgan fingerprint density at radius 2 is 1.97 bits per heavy atom. The number of Topliss-reactive ketones (excluding diaryl/α,β-unsaturated/α-hetero) is 1. The van der Waals surface area contributed by atoms with Crippen LogP contribution in [0, 0.1) is 12.7 Å². The molecule has 154 valence electrons. The molecule has 8 heteroatoms. The second-order valence-electron chi connectivity index (χ2n) is 7.23. The van der Waals surface area contributed by atoms with Crippen molar-refractivity contribution in [2.75, 3.05) is 4.90 Å². The smallest absolute Gasteiger partial charge is 0.302 e. The molecule has 1 fully saturated rings. The summed E-state index contributed by atoms with van der Waals surface area (Å²) < 4.78 is 19.2. The Morgan fingerprint density at radius 3 is 2.68 bits per heavy atom. The van der Waals surface area contributed by atoms with Gasteiger partial charge in [0.25, 0.3) is 5.78 Å². The summed E-state index contributed by atoms with van der Waals surface area (Å²) in [5, 5.41) is 11.0. The molecule has 1 atom stereocenters. The van der Waals surface area contributed by atoms with E-state index in [1.54, 1.807) is 31.2 Å². The van der Waals surface area contributed by atoms with Crippen molar-refractivity contribution in [1.29, 1.82) is 0 Å². The highest BCUT2D eigenvalue weighted by atomic mass is 19.1. The van der Waals surface area contributed by atoms with Gasteiger partial charge in [-0.25, -0.2) is 9.37 Å². The number of aliphatic hydroxyl groups excluding tert-OH is 1.